The number of likely N-dealkylation sites (tertiary alicyclic amines) is 1. The van der Waals surface area contributed by atoms with Crippen LogP contribution >= 0.6 is 0 Å². The fourth-order valence-corrected chi connectivity index (χ4v) is 2.62. The van der Waals surface area contributed by atoms with Crippen molar-refractivity contribution in [2.45, 2.75) is 45.8 Å². The highest BCUT2D eigenvalue weighted by molar-refractivity contribution is 5.78. The van der Waals surface area contributed by atoms with Crippen LogP contribution in [0.15, 0.2) is 36.4 Å². The van der Waals surface area contributed by atoms with Gasteiger partial charge in [0.15, 0.2) is 0 Å². The summed E-state index contributed by atoms with van der Waals surface area (Å²) >= 11 is 0. The average Bonchev–Trinajstić information content (AvgIpc) is 2.51. The van der Waals surface area contributed by atoms with Crippen LogP contribution in [0.25, 0.3) is 10.9 Å². The van der Waals surface area contributed by atoms with Gasteiger partial charge in [-0.15, -0.1) is 0 Å². The topological polar surface area (TPSA) is 36.4 Å². The van der Waals surface area contributed by atoms with Crippen LogP contribution in [0.1, 0.15) is 39.3 Å². The molecule has 1 aliphatic rings. The zero-order chi connectivity index (χ0) is 15.3. The van der Waals surface area contributed by atoms with Gasteiger partial charge in [-0.25, -0.2) is 0 Å². The van der Waals surface area contributed by atoms with E-state index in [0.717, 1.165) is 43.7 Å². The third-order valence-electron chi connectivity index (χ3n) is 3.97. The number of fused-ring (bicyclic) bond motifs is 1. The molecule has 0 unspecified atom stereocenters. The monoisotopic (exact) mass is 286 g/mol. The van der Waals surface area contributed by atoms with Crippen LogP contribution in [-0.4, -0.2) is 33.7 Å². The molecule has 0 aliphatic carbocycles. The summed E-state index contributed by atoms with van der Waals surface area (Å²) in [5.74, 6) is 0. The largest absolute Gasteiger partial charge is 0.390 e. The van der Waals surface area contributed by atoms with Gasteiger partial charge in [0, 0.05) is 25.0 Å². The molecule has 3 rings (SSSR count). The smallest absolute Gasteiger partial charge is 0.0705 e. The van der Waals surface area contributed by atoms with Crippen molar-refractivity contribution < 1.29 is 5.11 Å². The number of pyridine rings is 1. The lowest BCUT2D eigenvalue weighted by Crippen LogP contribution is -2.42. The van der Waals surface area contributed by atoms with E-state index in [2.05, 4.69) is 29.2 Å². The van der Waals surface area contributed by atoms with Crippen molar-refractivity contribution in [3.63, 3.8) is 0 Å². The number of aliphatic hydroxyl groups is 1. The molecule has 3 nitrogen and oxygen atoms in total. The molecule has 1 aliphatic heterocycles. The lowest BCUT2D eigenvalue weighted by atomic mass is 9.94. The number of nitrogens with zero attached hydrogens (tertiary/aromatic N) is 2. The molecule has 1 fully saturated rings. The first-order valence-electron chi connectivity index (χ1n) is 7.92. The van der Waals surface area contributed by atoms with Crippen molar-refractivity contribution in [3.8, 4) is 0 Å². The SMILES string of the molecule is CC.CC1(O)CCN(Cc2ccc3ccccc3n2)CC1. The normalized spacial score (nSPS) is 18.1. The highest BCUT2D eigenvalue weighted by atomic mass is 16.3. The summed E-state index contributed by atoms with van der Waals surface area (Å²) in [6, 6.07) is 12.4. The maximum Gasteiger partial charge on any atom is 0.0705 e. The van der Waals surface area contributed by atoms with Crippen molar-refractivity contribution in [2.24, 2.45) is 0 Å². The Balaban J connectivity index is 0.000000774. The van der Waals surface area contributed by atoms with Crippen LogP contribution < -0.4 is 0 Å². The summed E-state index contributed by atoms with van der Waals surface area (Å²) in [4.78, 5) is 7.07. The number of rotatable bonds is 2. The molecule has 21 heavy (non-hydrogen) atoms. The summed E-state index contributed by atoms with van der Waals surface area (Å²) in [5.41, 5.74) is 1.69. The van der Waals surface area contributed by atoms with Crippen LogP contribution in [-0.2, 0) is 6.54 Å². The molecule has 0 bridgehead atoms. The predicted octanol–water partition coefficient (Wildman–Crippen LogP) is 3.61. The van der Waals surface area contributed by atoms with Gasteiger partial charge < -0.3 is 5.11 Å². The molecule has 0 atom stereocenters. The Hall–Kier alpha value is -1.45. The number of para-hydroxylation sites is 1. The quantitative estimate of drug-likeness (QED) is 0.916. The van der Waals surface area contributed by atoms with Gasteiger partial charge in [-0.1, -0.05) is 38.1 Å². The minimum absolute atomic E-state index is 0.479. The van der Waals surface area contributed by atoms with Crippen LogP contribution in [0.4, 0.5) is 0 Å². The number of hydrogen-bond donors (Lipinski definition) is 1. The predicted molar refractivity (Wildman–Crippen MR) is 88.2 cm³/mol. The van der Waals surface area contributed by atoms with Gasteiger partial charge in [0.05, 0.1) is 16.8 Å². The third kappa shape index (κ3) is 4.26. The van der Waals surface area contributed by atoms with Gasteiger partial charge in [0.2, 0.25) is 0 Å². The molecule has 1 N–H and O–H groups in total. The number of aromatic nitrogens is 1. The molecule has 1 aromatic heterocycles. The summed E-state index contributed by atoms with van der Waals surface area (Å²) < 4.78 is 0. The first-order chi connectivity index (χ1) is 10.1. The molecular weight excluding hydrogens is 260 g/mol. The van der Waals surface area contributed by atoms with Crippen LogP contribution in [0, 0.1) is 0 Å². The summed E-state index contributed by atoms with van der Waals surface area (Å²) in [6.45, 7) is 8.70. The van der Waals surface area contributed by atoms with E-state index in [1.54, 1.807) is 0 Å². The Morgan fingerprint density at radius 1 is 1.10 bits per heavy atom. The highest BCUT2D eigenvalue weighted by Crippen LogP contribution is 2.22. The average molecular weight is 286 g/mol. The van der Waals surface area contributed by atoms with Gasteiger partial charge >= 0.3 is 0 Å². The van der Waals surface area contributed by atoms with E-state index in [1.165, 1.54) is 5.39 Å². The van der Waals surface area contributed by atoms with Crippen LogP contribution in [0.2, 0.25) is 0 Å². The Labute approximate surface area is 127 Å². The fourth-order valence-electron chi connectivity index (χ4n) is 2.62. The van der Waals surface area contributed by atoms with Gasteiger partial charge in [0.25, 0.3) is 0 Å². The molecule has 0 amide bonds. The van der Waals surface area contributed by atoms with E-state index in [4.69, 9.17) is 4.98 Å². The first kappa shape index (κ1) is 15.9. The van der Waals surface area contributed by atoms with E-state index in [0.29, 0.717) is 0 Å². The standard InChI is InChI=1S/C16H20N2O.C2H6/c1-16(19)8-10-18(11-9-16)12-14-7-6-13-4-2-3-5-15(13)17-14;1-2/h2-7,19H,8-12H2,1H3;1-2H3. The molecule has 0 saturated carbocycles. The zero-order valence-corrected chi connectivity index (χ0v) is 13.3. The minimum Gasteiger partial charge on any atom is -0.390 e. The molecule has 2 aromatic rings. The first-order valence-corrected chi connectivity index (χ1v) is 7.92. The van der Waals surface area contributed by atoms with Crippen molar-refractivity contribution in [3.05, 3.63) is 42.1 Å². The Morgan fingerprint density at radius 3 is 2.48 bits per heavy atom. The van der Waals surface area contributed by atoms with Crippen molar-refractivity contribution in [1.82, 2.24) is 9.88 Å². The van der Waals surface area contributed by atoms with Gasteiger partial charge in [0.1, 0.15) is 0 Å². The lowest BCUT2D eigenvalue weighted by molar-refractivity contribution is -0.00755. The molecule has 3 heteroatoms. The Bertz CT molecular complexity index is 570. The van der Waals surface area contributed by atoms with Gasteiger partial charge in [-0.3, -0.25) is 9.88 Å². The lowest BCUT2D eigenvalue weighted by Gasteiger charge is -2.35. The molecular formula is C18H26N2O. The molecule has 0 spiro atoms. The number of hydrogen-bond acceptors (Lipinski definition) is 3. The molecule has 1 aromatic carbocycles. The van der Waals surface area contributed by atoms with Crippen molar-refractivity contribution in [2.75, 3.05) is 13.1 Å². The van der Waals surface area contributed by atoms with E-state index in [9.17, 15) is 5.11 Å². The summed E-state index contributed by atoms with van der Waals surface area (Å²) in [5, 5.41) is 11.1. The Morgan fingerprint density at radius 2 is 1.76 bits per heavy atom. The van der Waals surface area contributed by atoms with Crippen LogP contribution in [0.5, 0.6) is 0 Å². The minimum atomic E-state index is -0.479. The molecule has 0 radical (unpaired) electrons. The summed E-state index contributed by atoms with van der Waals surface area (Å²) in [7, 11) is 0. The number of piperidine rings is 1. The fraction of sp³-hybridized carbons (Fsp3) is 0.500. The highest BCUT2D eigenvalue weighted by Gasteiger charge is 2.27. The maximum absolute atomic E-state index is 9.96. The van der Waals surface area contributed by atoms with Crippen molar-refractivity contribution in [1.29, 1.82) is 0 Å². The van der Waals surface area contributed by atoms with Crippen molar-refractivity contribution >= 4 is 10.9 Å². The Kier molecular flexibility index (Phi) is 5.32. The van der Waals surface area contributed by atoms with Crippen LogP contribution in [0.3, 0.4) is 0 Å². The molecule has 2 heterocycles. The second-order valence-electron chi connectivity index (χ2n) is 5.77. The van der Waals surface area contributed by atoms with E-state index in [1.807, 2.05) is 32.9 Å². The molecule has 114 valence electrons. The zero-order valence-electron chi connectivity index (χ0n) is 13.3. The second-order valence-corrected chi connectivity index (χ2v) is 5.77. The maximum atomic E-state index is 9.96. The van der Waals surface area contributed by atoms with E-state index < -0.39 is 5.60 Å². The van der Waals surface area contributed by atoms with E-state index >= 15 is 0 Å². The third-order valence-corrected chi connectivity index (χ3v) is 3.97. The number of benzene rings is 1. The van der Waals surface area contributed by atoms with Gasteiger partial charge in [-0.05, 0) is 31.9 Å². The van der Waals surface area contributed by atoms with E-state index in [-0.39, 0.29) is 0 Å². The summed E-state index contributed by atoms with van der Waals surface area (Å²) in [6.07, 6.45) is 1.70. The molecule has 1 saturated heterocycles. The second kappa shape index (κ2) is 7.01. The van der Waals surface area contributed by atoms with Gasteiger partial charge in [-0.2, -0.15) is 0 Å².